The number of esters is 1. The van der Waals surface area contributed by atoms with Crippen molar-refractivity contribution in [3.05, 3.63) is 70.2 Å². The van der Waals surface area contributed by atoms with Crippen LogP contribution >= 0.6 is 11.6 Å². The van der Waals surface area contributed by atoms with Crippen LogP contribution in [0.1, 0.15) is 60.1 Å². The highest BCUT2D eigenvalue weighted by atomic mass is 35.5. The summed E-state index contributed by atoms with van der Waals surface area (Å²) in [6.07, 6.45) is 2.92. The summed E-state index contributed by atoms with van der Waals surface area (Å²) < 4.78 is 5.19. The Labute approximate surface area is 212 Å². The van der Waals surface area contributed by atoms with Crippen LogP contribution in [0, 0.1) is 18.8 Å². The smallest absolute Gasteiger partial charge is 0.310 e. The number of halogens is 1. The molecule has 186 valence electrons. The predicted molar refractivity (Wildman–Crippen MR) is 135 cm³/mol. The first kappa shape index (κ1) is 25.2. The van der Waals surface area contributed by atoms with Crippen LogP contribution in [0.5, 0.6) is 0 Å². The molecule has 2 aromatic carbocycles. The Morgan fingerprint density at radius 1 is 1.00 bits per heavy atom. The van der Waals surface area contributed by atoms with Crippen LogP contribution in [0.2, 0.25) is 5.02 Å². The van der Waals surface area contributed by atoms with Gasteiger partial charge < -0.3 is 14.5 Å². The molecule has 2 heterocycles. The number of piperidine rings is 2. The monoisotopic (exact) mass is 496 g/mol. The van der Waals surface area contributed by atoms with Crippen molar-refractivity contribution in [1.82, 2.24) is 9.80 Å². The third-order valence-electron chi connectivity index (χ3n) is 7.06. The molecule has 0 saturated carbocycles. The van der Waals surface area contributed by atoms with Crippen LogP contribution in [0.3, 0.4) is 0 Å². The van der Waals surface area contributed by atoms with Crippen LogP contribution in [-0.2, 0) is 14.3 Å². The first-order valence-electron chi connectivity index (χ1n) is 12.5. The Kier molecular flexibility index (Phi) is 8.11. The van der Waals surface area contributed by atoms with Crippen LogP contribution in [-0.4, -0.2) is 53.8 Å². The molecule has 0 N–H and O–H groups in total. The maximum absolute atomic E-state index is 13.6. The zero-order valence-electron chi connectivity index (χ0n) is 20.4. The van der Waals surface area contributed by atoms with Gasteiger partial charge in [0.1, 0.15) is 0 Å². The first-order valence-corrected chi connectivity index (χ1v) is 12.8. The van der Waals surface area contributed by atoms with Crippen LogP contribution in [0.4, 0.5) is 0 Å². The Morgan fingerprint density at radius 3 is 2.49 bits per heavy atom. The standard InChI is InChI=1S/C28H33ClN2O4/c1-3-35-28(34)23-8-5-15-30(17-23)26(32)22-11-14-25(21-7-4-6-19(2)16-21)31(18-22)27(33)20-9-12-24(29)13-10-20/h4,6-7,9-10,12-13,16,22-23,25H,3,5,8,11,14-15,17-18H2,1-2H3. The number of aryl methyl sites for hydroxylation is 1. The SMILES string of the molecule is CCOC(=O)C1CCCN(C(=O)C2CCC(c3cccc(C)c3)N(C(=O)c3ccc(Cl)cc3)C2)C1. The second-order valence-corrected chi connectivity index (χ2v) is 9.98. The summed E-state index contributed by atoms with van der Waals surface area (Å²) in [4.78, 5) is 43.1. The molecule has 0 aromatic heterocycles. The molecular formula is C28H33ClN2O4. The van der Waals surface area contributed by atoms with E-state index in [0.29, 0.717) is 49.7 Å². The van der Waals surface area contributed by atoms with Crippen molar-refractivity contribution >= 4 is 29.4 Å². The van der Waals surface area contributed by atoms with Crippen molar-refractivity contribution in [2.24, 2.45) is 11.8 Å². The van der Waals surface area contributed by atoms with Gasteiger partial charge in [-0.05, 0) is 69.4 Å². The lowest BCUT2D eigenvalue weighted by molar-refractivity contribution is -0.152. The third kappa shape index (κ3) is 5.87. The molecule has 7 heteroatoms. The van der Waals surface area contributed by atoms with Crippen LogP contribution in [0.25, 0.3) is 0 Å². The molecular weight excluding hydrogens is 464 g/mol. The van der Waals surface area contributed by atoms with Crippen LogP contribution in [0.15, 0.2) is 48.5 Å². The summed E-state index contributed by atoms with van der Waals surface area (Å²) in [5.41, 5.74) is 2.77. The molecule has 0 bridgehead atoms. The lowest BCUT2D eigenvalue weighted by Crippen LogP contribution is -2.50. The summed E-state index contributed by atoms with van der Waals surface area (Å²) in [5, 5.41) is 0.574. The number of likely N-dealkylation sites (tertiary alicyclic amines) is 2. The van der Waals surface area contributed by atoms with Crippen molar-refractivity contribution in [1.29, 1.82) is 0 Å². The molecule has 2 aliphatic rings. The quantitative estimate of drug-likeness (QED) is 0.544. The third-order valence-corrected chi connectivity index (χ3v) is 7.32. The molecule has 4 rings (SSSR count). The molecule has 0 radical (unpaired) electrons. The summed E-state index contributed by atoms with van der Waals surface area (Å²) in [5.74, 6) is -0.881. The van der Waals surface area contributed by atoms with E-state index in [2.05, 4.69) is 12.1 Å². The van der Waals surface area contributed by atoms with Gasteiger partial charge in [0.25, 0.3) is 5.91 Å². The van der Waals surface area contributed by atoms with Crippen molar-refractivity contribution < 1.29 is 19.1 Å². The van der Waals surface area contributed by atoms with Crippen molar-refractivity contribution in [3.63, 3.8) is 0 Å². The molecule has 2 amide bonds. The van der Waals surface area contributed by atoms with Gasteiger partial charge in [-0.25, -0.2) is 0 Å². The number of benzene rings is 2. The van der Waals surface area contributed by atoms with Crippen LogP contribution < -0.4 is 0 Å². The van der Waals surface area contributed by atoms with Gasteiger partial charge >= 0.3 is 5.97 Å². The number of amides is 2. The molecule has 0 spiro atoms. The summed E-state index contributed by atoms with van der Waals surface area (Å²) in [7, 11) is 0. The number of carbonyl (C=O) groups excluding carboxylic acids is 3. The number of hydrogen-bond acceptors (Lipinski definition) is 4. The molecule has 2 saturated heterocycles. The number of carbonyl (C=O) groups is 3. The summed E-state index contributed by atoms with van der Waals surface area (Å²) in [6.45, 7) is 5.55. The van der Waals surface area contributed by atoms with E-state index in [1.165, 1.54) is 0 Å². The van der Waals surface area contributed by atoms with E-state index in [0.717, 1.165) is 24.0 Å². The average Bonchev–Trinajstić information content (AvgIpc) is 2.88. The zero-order chi connectivity index (χ0) is 24.9. The van der Waals surface area contributed by atoms with E-state index in [1.807, 2.05) is 24.0 Å². The van der Waals surface area contributed by atoms with E-state index in [4.69, 9.17) is 16.3 Å². The number of nitrogens with zero attached hydrogens (tertiary/aromatic N) is 2. The molecule has 3 unspecified atom stereocenters. The first-order chi connectivity index (χ1) is 16.9. The van der Waals surface area contributed by atoms with Gasteiger partial charge in [-0.15, -0.1) is 0 Å². The van der Waals surface area contributed by atoms with E-state index in [1.54, 1.807) is 36.1 Å². The van der Waals surface area contributed by atoms with Crippen molar-refractivity contribution in [2.45, 2.75) is 45.6 Å². The van der Waals surface area contributed by atoms with E-state index in [-0.39, 0.29) is 35.7 Å². The maximum Gasteiger partial charge on any atom is 0.310 e. The second-order valence-electron chi connectivity index (χ2n) is 9.54. The zero-order valence-corrected chi connectivity index (χ0v) is 21.2. The number of hydrogen-bond donors (Lipinski definition) is 0. The van der Waals surface area contributed by atoms with E-state index < -0.39 is 0 Å². The molecule has 0 aliphatic carbocycles. The normalized spacial score (nSPS) is 22.5. The van der Waals surface area contributed by atoms with Crippen molar-refractivity contribution in [2.75, 3.05) is 26.2 Å². The van der Waals surface area contributed by atoms with Gasteiger partial charge in [0, 0.05) is 30.2 Å². The molecule has 6 nitrogen and oxygen atoms in total. The predicted octanol–water partition coefficient (Wildman–Crippen LogP) is 5.04. The number of ether oxygens (including phenoxy) is 1. The second kappa shape index (κ2) is 11.3. The molecule has 35 heavy (non-hydrogen) atoms. The molecule has 2 aliphatic heterocycles. The van der Waals surface area contributed by atoms with Gasteiger partial charge in [0.2, 0.25) is 5.91 Å². The molecule has 2 aromatic rings. The topological polar surface area (TPSA) is 66.9 Å². The van der Waals surface area contributed by atoms with Gasteiger partial charge in [-0.2, -0.15) is 0 Å². The minimum atomic E-state index is -0.298. The minimum absolute atomic E-state index is 0.0237. The minimum Gasteiger partial charge on any atom is -0.466 e. The highest BCUT2D eigenvalue weighted by Gasteiger charge is 2.39. The Balaban J connectivity index is 1.55. The lowest BCUT2D eigenvalue weighted by Gasteiger charge is -2.42. The van der Waals surface area contributed by atoms with Gasteiger partial charge in [-0.1, -0.05) is 41.4 Å². The highest BCUT2D eigenvalue weighted by Crippen LogP contribution is 2.36. The summed E-state index contributed by atoms with van der Waals surface area (Å²) in [6, 6.07) is 15.0. The fourth-order valence-corrected chi connectivity index (χ4v) is 5.39. The largest absolute Gasteiger partial charge is 0.466 e. The highest BCUT2D eigenvalue weighted by molar-refractivity contribution is 6.30. The van der Waals surface area contributed by atoms with Gasteiger partial charge in [-0.3, -0.25) is 14.4 Å². The molecule has 2 fully saturated rings. The fraction of sp³-hybridized carbons (Fsp3) is 0.464. The van der Waals surface area contributed by atoms with Crippen molar-refractivity contribution in [3.8, 4) is 0 Å². The van der Waals surface area contributed by atoms with Gasteiger partial charge in [0.05, 0.1) is 24.5 Å². The van der Waals surface area contributed by atoms with E-state index >= 15 is 0 Å². The summed E-state index contributed by atoms with van der Waals surface area (Å²) >= 11 is 6.04. The Hall–Kier alpha value is -2.86. The Bertz CT molecular complexity index is 1070. The van der Waals surface area contributed by atoms with Gasteiger partial charge in [0.15, 0.2) is 0 Å². The Morgan fingerprint density at radius 2 is 1.77 bits per heavy atom. The number of rotatable bonds is 5. The lowest BCUT2D eigenvalue weighted by atomic mass is 9.86. The maximum atomic E-state index is 13.6. The van der Waals surface area contributed by atoms with E-state index in [9.17, 15) is 14.4 Å². The molecule has 3 atom stereocenters. The fourth-order valence-electron chi connectivity index (χ4n) is 5.27. The average molecular weight is 497 g/mol.